The Morgan fingerprint density at radius 1 is 1.47 bits per heavy atom. The van der Waals surface area contributed by atoms with Crippen LogP contribution in [0.1, 0.15) is 24.9 Å². The van der Waals surface area contributed by atoms with Gasteiger partial charge in [-0.1, -0.05) is 31.2 Å². The van der Waals surface area contributed by atoms with Gasteiger partial charge in [-0.05, 0) is 19.5 Å². The minimum atomic E-state index is -0.146. The van der Waals surface area contributed by atoms with Gasteiger partial charge < -0.3 is 15.4 Å². The summed E-state index contributed by atoms with van der Waals surface area (Å²) in [4.78, 5) is 11.5. The lowest BCUT2D eigenvalue weighted by atomic mass is 10.0. The Kier molecular flexibility index (Phi) is 6.68. The molecule has 1 unspecified atom stereocenters. The van der Waals surface area contributed by atoms with Gasteiger partial charge in [0, 0.05) is 18.2 Å². The molecule has 1 rings (SSSR count). The zero-order chi connectivity index (χ0) is 14.1. The first-order valence-electron chi connectivity index (χ1n) is 6.49. The van der Waals surface area contributed by atoms with E-state index >= 15 is 0 Å². The molecule has 0 heterocycles. The standard InChI is InChI=1S/C15H22N2O2/c1-4-10-17-15(18)11-19-14-9-7-6-8-12(14)13(5-2)16-3/h4,6-9,13,16H,1,5,10-11H2,2-3H3,(H,17,18). The molecule has 0 radical (unpaired) electrons. The molecule has 0 aliphatic heterocycles. The number of benzene rings is 1. The topological polar surface area (TPSA) is 50.4 Å². The highest BCUT2D eigenvalue weighted by Crippen LogP contribution is 2.26. The lowest BCUT2D eigenvalue weighted by Crippen LogP contribution is -2.29. The van der Waals surface area contributed by atoms with Crippen molar-refractivity contribution in [2.45, 2.75) is 19.4 Å². The summed E-state index contributed by atoms with van der Waals surface area (Å²) in [6.45, 7) is 6.13. The number of hydrogen-bond acceptors (Lipinski definition) is 3. The molecular formula is C15H22N2O2. The normalized spacial score (nSPS) is 11.7. The Balaban J connectivity index is 2.67. The number of ether oxygens (including phenoxy) is 1. The highest BCUT2D eigenvalue weighted by molar-refractivity contribution is 5.77. The summed E-state index contributed by atoms with van der Waals surface area (Å²) in [7, 11) is 1.92. The predicted molar refractivity (Wildman–Crippen MR) is 77.2 cm³/mol. The van der Waals surface area contributed by atoms with E-state index in [9.17, 15) is 4.79 Å². The summed E-state index contributed by atoms with van der Waals surface area (Å²) in [5, 5.41) is 5.92. The average Bonchev–Trinajstić information content (AvgIpc) is 2.45. The first-order chi connectivity index (χ1) is 9.22. The number of nitrogens with one attached hydrogen (secondary N) is 2. The first-order valence-corrected chi connectivity index (χ1v) is 6.49. The quantitative estimate of drug-likeness (QED) is 0.705. The molecule has 4 nitrogen and oxygen atoms in total. The molecule has 1 amide bonds. The summed E-state index contributed by atoms with van der Waals surface area (Å²) < 4.78 is 5.59. The Bertz CT molecular complexity index is 414. The van der Waals surface area contributed by atoms with Crippen LogP contribution in [0.3, 0.4) is 0 Å². The van der Waals surface area contributed by atoms with Crippen molar-refractivity contribution >= 4 is 5.91 Å². The van der Waals surface area contributed by atoms with Gasteiger partial charge in [0.05, 0.1) is 0 Å². The van der Waals surface area contributed by atoms with E-state index in [1.54, 1.807) is 6.08 Å². The van der Waals surface area contributed by atoms with Crippen molar-refractivity contribution in [3.8, 4) is 5.75 Å². The number of carbonyl (C=O) groups is 1. The summed E-state index contributed by atoms with van der Waals surface area (Å²) in [5.74, 6) is 0.602. The van der Waals surface area contributed by atoms with Crippen LogP contribution < -0.4 is 15.4 Å². The second-order valence-electron chi connectivity index (χ2n) is 4.17. The zero-order valence-corrected chi connectivity index (χ0v) is 11.6. The van der Waals surface area contributed by atoms with Crippen molar-refractivity contribution in [3.63, 3.8) is 0 Å². The lowest BCUT2D eigenvalue weighted by Gasteiger charge is -2.18. The van der Waals surface area contributed by atoms with Gasteiger partial charge in [0.25, 0.3) is 5.91 Å². The summed E-state index contributed by atoms with van der Waals surface area (Å²) in [5.41, 5.74) is 1.07. The van der Waals surface area contributed by atoms with Gasteiger partial charge in [-0.2, -0.15) is 0 Å². The van der Waals surface area contributed by atoms with Gasteiger partial charge in [0.15, 0.2) is 6.61 Å². The minimum Gasteiger partial charge on any atom is -0.483 e. The fourth-order valence-electron chi connectivity index (χ4n) is 1.86. The lowest BCUT2D eigenvalue weighted by molar-refractivity contribution is -0.122. The van der Waals surface area contributed by atoms with Crippen molar-refractivity contribution in [1.29, 1.82) is 0 Å². The molecule has 0 fully saturated rings. The molecule has 2 N–H and O–H groups in total. The molecule has 0 aliphatic rings. The van der Waals surface area contributed by atoms with Crippen molar-refractivity contribution < 1.29 is 9.53 Å². The number of hydrogen-bond donors (Lipinski definition) is 2. The maximum atomic E-state index is 11.5. The van der Waals surface area contributed by atoms with E-state index in [1.807, 2.05) is 31.3 Å². The fourth-order valence-corrected chi connectivity index (χ4v) is 1.86. The van der Waals surface area contributed by atoms with Crippen LogP contribution in [0.25, 0.3) is 0 Å². The molecule has 104 valence electrons. The monoisotopic (exact) mass is 262 g/mol. The Labute approximate surface area is 114 Å². The maximum absolute atomic E-state index is 11.5. The Morgan fingerprint density at radius 3 is 2.84 bits per heavy atom. The average molecular weight is 262 g/mol. The molecule has 1 atom stereocenters. The highest BCUT2D eigenvalue weighted by Gasteiger charge is 2.12. The van der Waals surface area contributed by atoms with E-state index in [0.29, 0.717) is 6.54 Å². The van der Waals surface area contributed by atoms with E-state index in [1.165, 1.54) is 0 Å². The minimum absolute atomic E-state index is 0.0189. The van der Waals surface area contributed by atoms with Crippen molar-refractivity contribution in [3.05, 3.63) is 42.5 Å². The molecule has 19 heavy (non-hydrogen) atoms. The molecule has 4 heteroatoms. The molecular weight excluding hydrogens is 240 g/mol. The summed E-state index contributed by atoms with van der Waals surface area (Å²) in [6.07, 6.45) is 2.60. The molecule has 0 saturated carbocycles. The zero-order valence-electron chi connectivity index (χ0n) is 11.6. The molecule has 0 aromatic heterocycles. The van der Waals surface area contributed by atoms with Crippen LogP contribution in [-0.2, 0) is 4.79 Å². The van der Waals surface area contributed by atoms with E-state index in [-0.39, 0.29) is 18.6 Å². The van der Waals surface area contributed by atoms with Crippen molar-refractivity contribution in [2.75, 3.05) is 20.2 Å². The second kappa shape index (κ2) is 8.32. The third-order valence-corrected chi connectivity index (χ3v) is 2.85. The second-order valence-corrected chi connectivity index (χ2v) is 4.17. The van der Waals surface area contributed by atoms with Crippen molar-refractivity contribution in [1.82, 2.24) is 10.6 Å². The Morgan fingerprint density at radius 2 is 2.21 bits per heavy atom. The van der Waals surface area contributed by atoms with Crippen LogP contribution in [-0.4, -0.2) is 26.1 Å². The third kappa shape index (κ3) is 4.75. The van der Waals surface area contributed by atoms with E-state index in [2.05, 4.69) is 24.1 Å². The molecule has 0 bridgehead atoms. The molecule has 1 aromatic carbocycles. The van der Waals surface area contributed by atoms with Gasteiger partial charge in [-0.3, -0.25) is 4.79 Å². The van der Waals surface area contributed by atoms with Crippen LogP contribution >= 0.6 is 0 Å². The number of amides is 1. The highest BCUT2D eigenvalue weighted by atomic mass is 16.5. The van der Waals surface area contributed by atoms with Gasteiger partial charge in [0.2, 0.25) is 0 Å². The van der Waals surface area contributed by atoms with Crippen LogP contribution in [0.4, 0.5) is 0 Å². The van der Waals surface area contributed by atoms with Gasteiger partial charge in [0.1, 0.15) is 5.75 Å². The van der Waals surface area contributed by atoms with Gasteiger partial charge >= 0.3 is 0 Å². The largest absolute Gasteiger partial charge is 0.483 e. The van der Waals surface area contributed by atoms with E-state index in [0.717, 1.165) is 17.7 Å². The number of rotatable bonds is 8. The fraction of sp³-hybridized carbons (Fsp3) is 0.400. The first kappa shape index (κ1) is 15.2. The maximum Gasteiger partial charge on any atom is 0.258 e. The summed E-state index contributed by atoms with van der Waals surface area (Å²) in [6, 6.07) is 8.01. The SMILES string of the molecule is C=CCNC(=O)COc1ccccc1C(CC)NC. The molecule has 0 spiro atoms. The van der Waals surface area contributed by atoms with Gasteiger partial charge in [-0.25, -0.2) is 0 Å². The van der Waals surface area contributed by atoms with Crippen LogP contribution in [0, 0.1) is 0 Å². The van der Waals surface area contributed by atoms with Crippen LogP contribution in [0.2, 0.25) is 0 Å². The van der Waals surface area contributed by atoms with Gasteiger partial charge in [-0.15, -0.1) is 6.58 Å². The van der Waals surface area contributed by atoms with Crippen molar-refractivity contribution in [2.24, 2.45) is 0 Å². The molecule has 1 aromatic rings. The Hall–Kier alpha value is -1.81. The molecule has 0 aliphatic carbocycles. The molecule has 0 saturated heterocycles. The van der Waals surface area contributed by atoms with E-state index < -0.39 is 0 Å². The number of para-hydroxylation sites is 1. The van der Waals surface area contributed by atoms with Crippen LogP contribution in [0.15, 0.2) is 36.9 Å². The third-order valence-electron chi connectivity index (χ3n) is 2.85. The number of carbonyl (C=O) groups excluding carboxylic acids is 1. The van der Waals surface area contributed by atoms with E-state index in [4.69, 9.17) is 4.74 Å². The predicted octanol–water partition coefficient (Wildman–Crippen LogP) is 2.04. The van der Waals surface area contributed by atoms with Crippen LogP contribution in [0.5, 0.6) is 5.75 Å². The smallest absolute Gasteiger partial charge is 0.258 e. The summed E-state index contributed by atoms with van der Waals surface area (Å²) >= 11 is 0.